The van der Waals surface area contributed by atoms with Crippen molar-refractivity contribution in [3.63, 3.8) is 0 Å². The Morgan fingerprint density at radius 2 is 2.08 bits per heavy atom. The van der Waals surface area contributed by atoms with Crippen molar-refractivity contribution in [2.24, 2.45) is 5.73 Å². The molecule has 0 heterocycles. The van der Waals surface area contributed by atoms with Gasteiger partial charge in [-0.15, -0.1) is 0 Å². The zero-order valence-corrected chi connectivity index (χ0v) is 7.61. The molecule has 13 heavy (non-hydrogen) atoms. The summed E-state index contributed by atoms with van der Waals surface area (Å²) in [5, 5.41) is 9.68. The number of fused-ring (bicyclic) bond motifs is 1. The van der Waals surface area contributed by atoms with E-state index in [0.29, 0.717) is 0 Å². The first-order chi connectivity index (χ1) is 6.29. The molecule has 2 atom stereocenters. The van der Waals surface area contributed by atoms with Gasteiger partial charge < -0.3 is 10.8 Å². The van der Waals surface area contributed by atoms with E-state index in [4.69, 9.17) is 5.73 Å². The van der Waals surface area contributed by atoms with Gasteiger partial charge in [0.2, 0.25) is 0 Å². The van der Waals surface area contributed by atoms with Crippen molar-refractivity contribution in [3.05, 3.63) is 35.4 Å². The van der Waals surface area contributed by atoms with Gasteiger partial charge in [-0.2, -0.15) is 0 Å². The molecule has 1 aliphatic carbocycles. The van der Waals surface area contributed by atoms with E-state index in [9.17, 15) is 5.11 Å². The average molecular weight is 177 g/mol. The van der Waals surface area contributed by atoms with Crippen LogP contribution in [0.3, 0.4) is 0 Å². The van der Waals surface area contributed by atoms with E-state index in [1.54, 1.807) is 0 Å². The molecule has 0 amide bonds. The van der Waals surface area contributed by atoms with Gasteiger partial charge in [-0.25, -0.2) is 0 Å². The summed E-state index contributed by atoms with van der Waals surface area (Å²) in [4.78, 5) is 0. The fourth-order valence-electron chi connectivity index (χ4n) is 1.98. The molecule has 0 saturated heterocycles. The largest absolute Gasteiger partial charge is 0.391 e. The van der Waals surface area contributed by atoms with E-state index >= 15 is 0 Å². The van der Waals surface area contributed by atoms with Crippen molar-refractivity contribution in [2.45, 2.75) is 31.4 Å². The number of aliphatic hydroxyl groups is 1. The molecule has 2 heteroatoms. The van der Waals surface area contributed by atoms with Gasteiger partial charge in [0.1, 0.15) is 0 Å². The summed E-state index contributed by atoms with van der Waals surface area (Å²) in [5.41, 5.74) is 8.36. The molecule has 0 aliphatic heterocycles. The van der Waals surface area contributed by atoms with Crippen LogP contribution >= 0.6 is 0 Å². The Hall–Kier alpha value is -0.860. The first-order valence-electron chi connectivity index (χ1n) is 4.80. The number of aliphatic hydroxyl groups excluding tert-OH is 1. The molecule has 0 fully saturated rings. The minimum absolute atomic E-state index is 0.196. The normalized spacial score (nSPS) is 27.8. The molecule has 0 aromatic heterocycles. The molecule has 1 aromatic carbocycles. The van der Waals surface area contributed by atoms with E-state index in [-0.39, 0.29) is 12.1 Å². The second-order valence-electron chi connectivity index (χ2n) is 3.68. The van der Waals surface area contributed by atoms with Gasteiger partial charge >= 0.3 is 0 Å². The van der Waals surface area contributed by atoms with Gasteiger partial charge in [-0.1, -0.05) is 24.3 Å². The van der Waals surface area contributed by atoms with E-state index in [1.807, 2.05) is 18.2 Å². The third-order valence-electron chi connectivity index (χ3n) is 2.77. The summed E-state index contributed by atoms with van der Waals surface area (Å²) in [6.07, 6.45) is 2.52. The molecule has 3 N–H and O–H groups in total. The molecule has 70 valence electrons. The Labute approximate surface area is 78.4 Å². The molecular formula is C11H15NO. The summed E-state index contributed by atoms with van der Waals surface area (Å²) in [6, 6.07) is 7.94. The van der Waals surface area contributed by atoms with Crippen LogP contribution in [0.1, 0.15) is 30.0 Å². The first kappa shape index (κ1) is 8.73. The van der Waals surface area contributed by atoms with Gasteiger partial charge in [-0.05, 0) is 30.4 Å². The van der Waals surface area contributed by atoms with Crippen LogP contribution in [0.5, 0.6) is 0 Å². The predicted octanol–water partition coefficient (Wildman–Crippen LogP) is 1.38. The fraction of sp³-hybridized carbons (Fsp3) is 0.455. The highest BCUT2D eigenvalue weighted by Gasteiger charge is 2.21. The number of aryl methyl sites for hydroxylation is 1. The fourth-order valence-corrected chi connectivity index (χ4v) is 1.98. The maximum atomic E-state index is 9.68. The molecule has 0 radical (unpaired) electrons. The minimum atomic E-state index is -0.372. The molecule has 0 unspecified atom stereocenters. The molecule has 0 bridgehead atoms. The lowest BCUT2D eigenvalue weighted by molar-refractivity contribution is 0.136. The van der Waals surface area contributed by atoms with Gasteiger partial charge in [0, 0.05) is 0 Å². The highest BCUT2D eigenvalue weighted by atomic mass is 16.3. The number of hydrogen-bond acceptors (Lipinski definition) is 2. The van der Waals surface area contributed by atoms with E-state index in [1.165, 1.54) is 5.56 Å². The van der Waals surface area contributed by atoms with Gasteiger partial charge in [0.15, 0.2) is 0 Å². The standard InChI is InChI=1S/C11H15NO/c12-11-9-6-2-1-4-8(9)5-3-7-10(11)13/h1-2,4,6,10-11,13H,3,5,7,12H2/t10-,11-/m0/s1. The van der Waals surface area contributed by atoms with Crippen molar-refractivity contribution >= 4 is 0 Å². The third kappa shape index (κ3) is 1.60. The summed E-state index contributed by atoms with van der Waals surface area (Å²) in [5.74, 6) is 0. The number of nitrogens with two attached hydrogens (primary N) is 1. The van der Waals surface area contributed by atoms with E-state index < -0.39 is 0 Å². The zero-order chi connectivity index (χ0) is 9.26. The van der Waals surface area contributed by atoms with Crippen molar-refractivity contribution < 1.29 is 5.11 Å². The van der Waals surface area contributed by atoms with Crippen molar-refractivity contribution in [1.82, 2.24) is 0 Å². The summed E-state index contributed by atoms with van der Waals surface area (Å²) >= 11 is 0. The van der Waals surface area contributed by atoms with Crippen LogP contribution in [0, 0.1) is 0 Å². The second kappa shape index (κ2) is 3.48. The van der Waals surface area contributed by atoms with Crippen LogP contribution < -0.4 is 5.73 Å². The van der Waals surface area contributed by atoms with Gasteiger partial charge in [-0.3, -0.25) is 0 Å². The van der Waals surface area contributed by atoms with Gasteiger partial charge in [0.25, 0.3) is 0 Å². The topological polar surface area (TPSA) is 46.2 Å². The quantitative estimate of drug-likeness (QED) is 0.588. The Kier molecular flexibility index (Phi) is 2.34. The first-order valence-corrected chi connectivity index (χ1v) is 4.80. The summed E-state index contributed by atoms with van der Waals surface area (Å²) < 4.78 is 0. The monoisotopic (exact) mass is 177 g/mol. The molecule has 2 nitrogen and oxygen atoms in total. The van der Waals surface area contributed by atoms with Crippen molar-refractivity contribution in [2.75, 3.05) is 0 Å². The summed E-state index contributed by atoms with van der Waals surface area (Å²) in [7, 11) is 0. The third-order valence-corrected chi connectivity index (χ3v) is 2.77. The molecule has 2 rings (SSSR count). The lowest BCUT2D eigenvalue weighted by atomic mass is 9.99. The average Bonchev–Trinajstić information content (AvgIpc) is 2.29. The van der Waals surface area contributed by atoms with Crippen LogP contribution in [0.25, 0.3) is 0 Å². The second-order valence-corrected chi connectivity index (χ2v) is 3.68. The van der Waals surface area contributed by atoms with Crippen LogP contribution in [0.4, 0.5) is 0 Å². The highest BCUT2D eigenvalue weighted by Crippen LogP contribution is 2.26. The molecule has 1 aliphatic rings. The number of rotatable bonds is 0. The lowest BCUT2D eigenvalue weighted by Gasteiger charge is -2.17. The lowest BCUT2D eigenvalue weighted by Crippen LogP contribution is -2.25. The van der Waals surface area contributed by atoms with E-state index in [2.05, 4.69) is 6.07 Å². The van der Waals surface area contributed by atoms with Crippen molar-refractivity contribution in [1.29, 1.82) is 0 Å². The number of benzene rings is 1. The minimum Gasteiger partial charge on any atom is -0.391 e. The van der Waals surface area contributed by atoms with Gasteiger partial charge in [0.05, 0.1) is 12.1 Å². The van der Waals surface area contributed by atoms with Crippen LogP contribution in [0.2, 0.25) is 0 Å². The number of hydrogen-bond donors (Lipinski definition) is 2. The molecule has 0 spiro atoms. The molecule has 0 saturated carbocycles. The predicted molar refractivity (Wildman–Crippen MR) is 52.3 cm³/mol. The van der Waals surface area contributed by atoms with Crippen LogP contribution in [-0.4, -0.2) is 11.2 Å². The van der Waals surface area contributed by atoms with Crippen molar-refractivity contribution in [3.8, 4) is 0 Å². The maximum Gasteiger partial charge on any atom is 0.0733 e. The van der Waals surface area contributed by atoms with Crippen LogP contribution in [0.15, 0.2) is 24.3 Å². The Morgan fingerprint density at radius 3 is 2.92 bits per heavy atom. The van der Waals surface area contributed by atoms with Crippen LogP contribution in [-0.2, 0) is 6.42 Å². The summed E-state index contributed by atoms with van der Waals surface area (Å²) in [6.45, 7) is 0. The molecular weight excluding hydrogens is 162 g/mol. The SMILES string of the molecule is N[C@H]1c2ccccc2CCC[C@@H]1O. The maximum absolute atomic E-state index is 9.68. The zero-order valence-electron chi connectivity index (χ0n) is 7.61. The molecule has 1 aromatic rings. The Bertz CT molecular complexity index is 298. The Morgan fingerprint density at radius 1 is 1.31 bits per heavy atom. The smallest absolute Gasteiger partial charge is 0.0733 e. The Balaban J connectivity index is 2.40. The van der Waals surface area contributed by atoms with E-state index in [0.717, 1.165) is 24.8 Å². The highest BCUT2D eigenvalue weighted by molar-refractivity contribution is 5.31.